The van der Waals surface area contributed by atoms with Crippen LogP contribution in [0, 0.1) is 0 Å². The molecule has 3 nitrogen and oxygen atoms in total. The first-order valence-corrected chi connectivity index (χ1v) is 6.75. The summed E-state index contributed by atoms with van der Waals surface area (Å²) in [5.41, 5.74) is 5.74. The van der Waals surface area contributed by atoms with Crippen LogP contribution >= 0.6 is 0 Å². The maximum absolute atomic E-state index is 5.99. The number of nitrogens with two attached hydrogens (primary N) is 1. The molecule has 2 N–H and O–H groups in total. The van der Waals surface area contributed by atoms with Gasteiger partial charge in [0.15, 0.2) is 0 Å². The van der Waals surface area contributed by atoms with E-state index in [0.29, 0.717) is 6.54 Å². The highest BCUT2D eigenvalue weighted by atomic mass is 16.5. The largest absolute Gasteiger partial charge is 0.381 e. The maximum atomic E-state index is 5.99. The van der Waals surface area contributed by atoms with Crippen molar-refractivity contribution >= 4 is 0 Å². The Kier molecular flexibility index (Phi) is 7.01. The molecule has 1 aliphatic heterocycles. The minimum absolute atomic E-state index is 0.0804. The highest BCUT2D eigenvalue weighted by Gasteiger charge is 2.31. The molecule has 1 saturated heterocycles. The van der Waals surface area contributed by atoms with Gasteiger partial charge in [0.05, 0.1) is 5.60 Å². The molecular formula is C13H27NO2. The van der Waals surface area contributed by atoms with Crippen LogP contribution in [0.4, 0.5) is 0 Å². The average Bonchev–Trinajstić information content (AvgIpc) is 2.35. The van der Waals surface area contributed by atoms with Gasteiger partial charge in [0.25, 0.3) is 0 Å². The SMILES string of the molecule is CCCCCCCOC1(CN)CCOCC1. The second-order valence-corrected chi connectivity index (χ2v) is 4.76. The molecule has 0 bridgehead atoms. The van der Waals surface area contributed by atoms with Crippen LogP contribution in [-0.4, -0.2) is 32.0 Å². The lowest BCUT2D eigenvalue weighted by molar-refractivity contribution is -0.105. The van der Waals surface area contributed by atoms with Crippen LogP contribution < -0.4 is 5.73 Å². The predicted octanol–water partition coefficient (Wildman–Crippen LogP) is 2.48. The van der Waals surface area contributed by atoms with Gasteiger partial charge in [0.2, 0.25) is 0 Å². The molecular weight excluding hydrogens is 202 g/mol. The van der Waals surface area contributed by atoms with Crippen LogP contribution in [0.5, 0.6) is 0 Å². The zero-order valence-corrected chi connectivity index (χ0v) is 10.7. The molecule has 1 heterocycles. The van der Waals surface area contributed by atoms with Gasteiger partial charge in [-0.05, 0) is 6.42 Å². The Bertz CT molecular complexity index is 167. The Labute approximate surface area is 99.7 Å². The van der Waals surface area contributed by atoms with Crippen LogP contribution in [0.3, 0.4) is 0 Å². The van der Waals surface area contributed by atoms with Crippen molar-refractivity contribution in [1.82, 2.24) is 0 Å². The normalized spacial score (nSPS) is 19.9. The molecule has 1 rings (SSSR count). The van der Waals surface area contributed by atoms with Crippen molar-refractivity contribution in [3.05, 3.63) is 0 Å². The van der Waals surface area contributed by atoms with Crippen LogP contribution in [-0.2, 0) is 9.47 Å². The topological polar surface area (TPSA) is 44.5 Å². The Morgan fingerprint density at radius 3 is 2.44 bits per heavy atom. The third-order valence-electron chi connectivity index (χ3n) is 3.43. The quantitative estimate of drug-likeness (QED) is 0.650. The lowest BCUT2D eigenvalue weighted by Crippen LogP contribution is -2.45. The van der Waals surface area contributed by atoms with Crippen molar-refractivity contribution in [2.45, 2.75) is 57.5 Å². The van der Waals surface area contributed by atoms with E-state index in [9.17, 15) is 0 Å². The summed E-state index contributed by atoms with van der Waals surface area (Å²) in [5.74, 6) is 0. The molecule has 1 aliphatic rings. The predicted molar refractivity (Wildman–Crippen MR) is 66.5 cm³/mol. The van der Waals surface area contributed by atoms with Crippen molar-refractivity contribution in [3.63, 3.8) is 0 Å². The van der Waals surface area contributed by atoms with E-state index in [1.54, 1.807) is 0 Å². The standard InChI is InChI=1S/C13H27NO2/c1-2-3-4-5-6-9-16-13(12-14)7-10-15-11-8-13/h2-12,14H2,1H3. The van der Waals surface area contributed by atoms with Crippen LogP contribution in [0.2, 0.25) is 0 Å². The first-order valence-electron chi connectivity index (χ1n) is 6.75. The van der Waals surface area contributed by atoms with Crippen molar-refractivity contribution < 1.29 is 9.47 Å². The highest BCUT2D eigenvalue weighted by molar-refractivity contribution is 4.84. The van der Waals surface area contributed by atoms with Gasteiger partial charge in [0.1, 0.15) is 0 Å². The minimum Gasteiger partial charge on any atom is -0.381 e. The molecule has 0 aromatic carbocycles. The van der Waals surface area contributed by atoms with Gasteiger partial charge >= 0.3 is 0 Å². The fourth-order valence-corrected chi connectivity index (χ4v) is 2.15. The third kappa shape index (κ3) is 4.81. The molecule has 96 valence electrons. The van der Waals surface area contributed by atoms with E-state index in [4.69, 9.17) is 15.2 Å². The highest BCUT2D eigenvalue weighted by Crippen LogP contribution is 2.24. The fraction of sp³-hybridized carbons (Fsp3) is 1.00. The minimum atomic E-state index is -0.0804. The molecule has 0 aromatic rings. The molecule has 0 saturated carbocycles. The Morgan fingerprint density at radius 1 is 1.12 bits per heavy atom. The smallest absolute Gasteiger partial charge is 0.0847 e. The summed E-state index contributed by atoms with van der Waals surface area (Å²) in [7, 11) is 0. The summed E-state index contributed by atoms with van der Waals surface area (Å²) in [6.45, 7) is 5.33. The lowest BCUT2D eigenvalue weighted by atomic mass is 9.94. The summed E-state index contributed by atoms with van der Waals surface area (Å²) in [6.07, 6.45) is 8.34. The molecule has 16 heavy (non-hydrogen) atoms. The van der Waals surface area contributed by atoms with Crippen LogP contribution in [0.25, 0.3) is 0 Å². The molecule has 0 aromatic heterocycles. The van der Waals surface area contributed by atoms with Crippen LogP contribution in [0.1, 0.15) is 51.9 Å². The van der Waals surface area contributed by atoms with E-state index in [-0.39, 0.29) is 5.60 Å². The molecule has 0 spiro atoms. The fourth-order valence-electron chi connectivity index (χ4n) is 2.15. The third-order valence-corrected chi connectivity index (χ3v) is 3.43. The van der Waals surface area contributed by atoms with Crippen molar-refractivity contribution in [3.8, 4) is 0 Å². The van der Waals surface area contributed by atoms with Gasteiger partial charge in [-0.3, -0.25) is 0 Å². The molecule has 0 radical (unpaired) electrons. The number of hydrogen-bond acceptors (Lipinski definition) is 3. The Balaban J connectivity index is 2.08. The summed E-state index contributed by atoms with van der Waals surface area (Å²) >= 11 is 0. The van der Waals surface area contributed by atoms with E-state index >= 15 is 0 Å². The Morgan fingerprint density at radius 2 is 1.81 bits per heavy atom. The molecule has 0 unspecified atom stereocenters. The van der Waals surface area contributed by atoms with Gasteiger partial charge in [-0.2, -0.15) is 0 Å². The molecule has 3 heteroatoms. The van der Waals surface area contributed by atoms with Gasteiger partial charge < -0.3 is 15.2 Å². The molecule has 1 fully saturated rings. The van der Waals surface area contributed by atoms with Gasteiger partial charge in [0, 0.05) is 39.2 Å². The average molecular weight is 229 g/mol. The first-order chi connectivity index (χ1) is 7.83. The second kappa shape index (κ2) is 8.04. The van der Waals surface area contributed by atoms with Gasteiger partial charge in [-0.15, -0.1) is 0 Å². The summed E-state index contributed by atoms with van der Waals surface area (Å²) in [5, 5.41) is 0. The monoisotopic (exact) mass is 229 g/mol. The van der Waals surface area contributed by atoms with E-state index in [1.165, 1.54) is 32.1 Å². The number of unbranched alkanes of at least 4 members (excludes halogenated alkanes) is 4. The number of hydrogen-bond donors (Lipinski definition) is 1. The van der Waals surface area contributed by atoms with Gasteiger partial charge in [-0.25, -0.2) is 0 Å². The Hall–Kier alpha value is -0.120. The van der Waals surface area contributed by atoms with Crippen molar-refractivity contribution in [2.24, 2.45) is 5.73 Å². The zero-order chi connectivity index (χ0) is 11.7. The summed E-state index contributed by atoms with van der Waals surface area (Å²) in [4.78, 5) is 0. The zero-order valence-electron chi connectivity index (χ0n) is 10.7. The molecule has 0 amide bonds. The van der Waals surface area contributed by atoms with Gasteiger partial charge in [-0.1, -0.05) is 32.6 Å². The number of rotatable bonds is 8. The number of ether oxygens (including phenoxy) is 2. The maximum Gasteiger partial charge on any atom is 0.0847 e. The van der Waals surface area contributed by atoms with Crippen molar-refractivity contribution in [1.29, 1.82) is 0 Å². The second-order valence-electron chi connectivity index (χ2n) is 4.76. The van der Waals surface area contributed by atoms with E-state index < -0.39 is 0 Å². The van der Waals surface area contributed by atoms with E-state index in [2.05, 4.69) is 6.92 Å². The van der Waals surface area contributed by atoms with Crippen molar-refractivity contribution in [2.75, 3.05) is 26.4 Å². The van der Waals surface area contributed by atoms with Crippen LogP contribution in [0.15, 0.2) is 0 Å². The van der Waals surface area contributed by atoms with E-state index in [0.717, 1.165) is 32.7 Å². The first kappa shape index (κ1) is 13.9. The summed E-state index contributed by atoms with van der Waals surface area (Å²) < 4.78 is 11.3. The summed E-state index contributed by atoms with van der Waals surface area (Å²) in [6, 6.07) is 0. The molecule has 0 atom stereocenters. The molecule has 0 aliphatic carbocycles. The lowest BCUT2D eigenvalue weighted by Gasteiger charge is -2.36. The van der Waals surface area contributed by atoms with E-state index in [1.807, 2.05) is 0 Å².